The lowest BCUT2D eigenvalue weighted by Gasteiger charge is -2.11. The molecule has 9 heteroatoms. The highest BCUT2D eigenvalue weighted by atomic mass is 35.5. The largest absolute Gasteiger partial charge is 0.477 e. The number of rotatable bonds is 10. The predicted octanol–water partition coefficient (Wildman–Crippen LogP) is 3.10. The van der Waals surface area contributed by atoms with Gasteiger partial charge in [0.25, 0.3) is 5.91 Å². The summed E-state index contributed by atoms with van der Waals surface area (Å²) in [6, 6.07) is 9.01. The topological polar surface area (TPSA) is 98.0 Å². The van der Waals surface area contributed by atoms with E-state index in [1.54, 1.807) is 28.9 Å². The van der Waals surface area contributed by atoms with E-state index >= 15 is 0 Å². The molecule has 160 valence electrons. The van der Waals surface area contributed by atoms with Gasteiger partial charge < -0.3 is 19.9 Å². The zero-order valence-electron chi connectivity index (χ0n) is 17.0. The number of fused-ring (bicyclic) bond motifs is 1. The Morgan fingerprint density at radius 3 is 2.83 bits per heavy atom. The molecule has 1 amide bonds. The summed E-state index contributed by atoms with van der Waals surface area (Å²) in [5.41, 5.74) is 1.97. The summed E-state index contributed by atoms with van der Waals surface area (Å²) in [6.45, 7) is 4.15. The molecule has 3 rings (SSSR count). The van der Waals surface area contributed by atoms with E-state index in [9.17, 15) is 4.79 Å². The fraction of sp³-hybridized carbons (Fsp3) is 0.381. The van der Waals surface area contributed by atoms with Crippen LogP contribution in [0.1, 0.15) is 26.7 Å². The Bertz CT molecular complexity index is 1010. The van der Waals surface area contributed by atoms with Crippen LogP contribution in [0, 0.1) is 0 Å². The number of aromatic nitrogens is 3. The quantitative estimate of drug-likeness (QED) is 0.478. The summed E-state index contributed by atoms with van der Waals surface area (Å²) >= 11 is 6.12. The van der Waals surface area contributed by atoms with E-state index in [4.69, 9.17) is 26.2 Å². The number of ether oxygens (including phenoxy) is 2. The first kappa shape index (κ1) is 21.9. The van der Waals surface area contributed by atoms with Gasteiger partial charge in [0.2, 0.25) is 11.8 Å². The zero-order chi connectivity index (χ0) is 21.5. The molecule has 0 spiro atoms. The van der Waals surface area contributed by atoms with Crippen LogP contribution in [-0.4, -0.2) is 51.5 Å². The minimum Gasteiger partial charge on any atom is -0.477 e. The van der Waals surface area contributed by atoms with Crippen molar-refractivity contribution in [3.8, 4) is 23.0 Å². The van der Waals surface area contributed by atoms with Crippen LogP contribution in [0.3, 0.4) is 0 Å². The Hall–Kier alpha value is -2.84. The second-order valence-electron chi connectivity index (χ2n) is 7.04. The highest BCUT2D eigenvalue weighted by Crippen LogP contribution is 2.28. The number of nitrogens with one attached hydrogen (secondary N) is 1. The molecule has 30 heavy (non-hydrogen) atoms. The number of nitrogens with zero attached hydrogens (tertiary/aromatic N) is 3. The number of hydrogen-bond donors (Lipinski definition) is 2. The van der Waals surface area contributed by atoms with Gasteiger partial charge in [-0.2, -0.15) is 0 Å². The number of carbonyl (C=O) groups is 1. The van der Waals surface area contributed by atoms with Crippen molar-refractivity contribution in [2.24, 2.45) is 0 Å². The first-order chi connectivity index (χ1) is 14.5. The average Bonchev–Trinajstić information content (AvgIpc) is 3.12. The molecule has 0 aliphatic rings. The van der Waals surface area contributed by atoms with Crippen molar-refractivity contribution in [3.63, 3.8) is 0 Å². The third-order valence-corrected chi connectivity index (χ3v) is 4.35. The van der Waals surface area contributed by atoms with Crippen molar-refractivity contribution in [2.75, 3.05) is 19.8 Å². The number of halogens is 1. The molecular formula is C21H25ClN4O4. The first-order valence-electron chi connectivity index (χ1n) is 9.78. The molecule has 2 N–H and O–H groups in total. The van der Waals surface area contributed by atoms with Crippen molar-refractivity contribution in [2.45, 2.75) is 32.7 Å². The van der Waals surface area contributed by atoms with Crippen molar-refractivity contribution in [3.05, 3.63) is 41.6 Å². The fourth-order valence-electron chi connectivity index (χ4n) is 2.79. The van der Waals surface area contributed by atoms with Gasteiger partial charge in [-0.05, 0) is 38.8 Å². The molecule has 0 fully saturated rings. The summed E-state index contributed by atoms with van der Waals surface area (Å²) in [5, 5.41) is 16.7. The van der Waals surface area contributed by atoms with E-state index in [0.29, 0.717) is 35.1 Å². The smallest absolute Gasteiger partial charge is 0.258 e. The van der Waals surface area contributed by atoms with Crippen molar-refractivity contribution < 1.29 is 19.4 Å². The van der Waals surface area contributed by atoms with Crippen LogP contribution in [0.5, 0.6) is 11.8 Å². The van der Waals surface area contributed by atoms with Gasteiger partial charge in [-0.25, -0.2) is 9.50 Å². The maximum Gasteiger partial charge on any atom is 0.258 e. The lowest BCUT2D eigenvalue weighted by Crippen LogP contribution is -2.34. The van der Waals surface area contributed by atoms with Gasteiger partial charge in [0.05, 0.1) is 18.5 Å². The molecule has 0 radical (unpaired) electrons. The lowest BCUT2D eigenvalue weighted by molar-refractivity contribution is -0.123. The molecule has 0 aliphatic heterocycles. The minimum absolute atomic E-state index is 0.0146. The van der Waals surface area contributed by atoms with Crippen LogP contribution in [-0.2, 0) is 4.79 Å². The highest BCUT2D eigenvalue weighted by Gasteiger charge is 2.15. The van der Waals surface area contributed by atoms with Gasteiger partial charge in [0, 0.05) is 29.3 Å². The van der Waals surface area contributed by atoms with Crippen LogP contribution in [0.15, 0.2) is 36.5 Å². The number of amides is 1. The molecule has 0 unspecified atom stereocenters. The van der Waals surface area contributed by atoms with E-state index in [-0.39, 0.29) is 31.0 Å². The van der Waals surface area contributed by atoms with Gasteiger partial charge in [-0.3, -0.25) is 4.79 Å². The van der Waals surface area contributed by atoms with E-state index in [0.717, 1.165) is 12.0 Å². The number of carbonyl (C=O) groups excluding carboxylic acids is 1. The average molecular weight is 433 g/mol. The number of aliphatic hydroxyl groups excluding tert-OH is 1. The Kier molecular flexibility index (Phi) is 7.48. The van der Waals surface area contributed by atoms with Crippen LogP contribution < -0.4 is 14.8 Å². The Labute approximate surface area is 179 Å². The van der Waals surface area contributed by atoms with Crippen LogP contribution in [0.4, 0.5) is 0 Å². The molecule has 1 aromatic carbocycles. The van der Waals surface area contributed by atoms with Crippen LogP contribution in [0.25, 0.3) is 16.8 Å². The normalized spacial score (nSPS) is 11.1. The van der Waals surface area contributed by atoms with Gasteiger partial charge in [0.1, 0.15) is 5.52 Å². The summed E-state index contributed by atoms with van der Waals surface area (Å²) in [7, 11) is 0. The monoisotopic (exact) mass is 432 g/mol. The highest BCUT2D eigenvalue weighted by molar-refractivity contribution is 6.30. The third kappa shape index (κ3) is 5.84. The third-order valence-electron chi connectivity index (χ3n) is 4.11. The molecule has 2 heterocycles. The molecule has 0 aliphatic carbocycles. The Balaban J connectivity index is 1.90. The van der Waals surface area contributed by atoms with E-state index < -0.39 is 0 Å². The standard InChI is InChI=1S/C21H25ClN4O4/c1-14(2)23-19(28)13-30-21-18-11-20(29-9-4-3-8-27)25-26(18)12-17(24-21)15-6-5-7-16(22)10-15/h5-7,10-12,14,27H,3-4,8-9,13H2,1-2H3,(H,23,28). The maximum absolute atomic E-state index is 12.0. The summed E-state index contributed by atoms with van der Waals surface area (Å²) in [5.74, 6) is 0.441. The van der Waals surface area contributed by atoms with E-state index in [1.807, 2.05) is 26.0 Å². The molecule has 0 atom stereocenters. The summed E-state index contributed by atoms with van der Waals surface area (Å²) in [4.78, 5) is 16.6. The molecule has 0 saturated carbocycles. The van der Waals surface area contributed by atoms with Crippen molar-refractivity contribution in [1.29, 1.82) is 0 Å². The molecule has 8 nitrogen and oxygen atoms in total. The maximum atomic E-state index is 12.0. The van der Waals surface area contributed by atoms with Crippen molar-refractivity contribution >= 4 is 23.0 Å². The van der Waals surface area contributed by atoms with Crippen LogP contribution in [0.2, 0.25) is 5.02 Å². The molecule has 0 bridgehead atoms. The van der Waals surface area contributed by atoms with Gasteiger partial charge >= 0.3 is 0 Å². The molecule has 0 saturated heterocycles. The predicted molar refractivity (Wildman–Crippen MR) is 114 cm³/mol. The Morgan fingerprint density at radius 1 is 1.27 bits per heavy atom. The Morgan fingerprint density at radius 2 is 2.10 bits per heavy atom. The second-order valence-corrected chi connectivity index (χ2v) is 7.48. The minimum atomic E-state index is -0.238. The first-order valence-corrected chi connectivity index (χ1v) is 10.2. The van der Waals surface area contributed by atoms with E-state index in [2.05, 4.69) is 15.4 Å². The van der Waals surface area contributed by atoms with Crippen LogP contribution >= 0.6 is 11.6 Å². The number of aliphatic hydroxyl groups is 1. The van der Waals surface area contributed by atoms with Gasteiger partial charge in [0.15, 0.2) is 6.61 Å². The number of benzene rings is 1. The fourth-order valence-corrected chi connectivity index (χ4v) is 2.98. The van der Waals surface area contributed by atoms with Gasteiger partial charge in [-0.1, -0.05) is 23.7 Å². The zero-order valence-corrected chi connectivity index (χ0v) is 17.7. The van der Waals surface area contributed by atoms with E-state index in [1.165, 1.54) is 0 Å². The molecule has 2 aromatic heterocycles. The lowest BCUT2D eigenvalue weighted by atomic mass is 10.2. The number of hydrogen-bond acceptors (Lipinski definition) is 6. The van der Waals surface area contributed by atoms with Crippen molar-refractivity contribution in [1.82, 2.24) is 19.9 Å². The second kappa shape index (κ2) is 10.3. The summed E-state index contributed by atoms with van der Waals surface area (Å²) < 4.78 is 13.0. The SMILES string of the molecule is CC(C)NC(=O)COc1nc(-c2cccc(Cl)c2)cn2nc(OCCCCO)cc12. The molecule has 3 aromatic rings. The van der Waals surface area contributed by atoms with Gasteiger partial charge in [-0.15, -0.1) is 5.10 Å². The summed E-state index contributed by atoms with van der Waals surface area (Å²) in [6.07, 6.45) is 3.13. The number of unbranched alkanes of at least 4 members (excludes halogenated alkanes) is 1. The molecular weight excluding hydrogens is 408 g/mol.